The summed E-state index contributed by atoms with van der Waals surface area (Å²) in [5, 5.41) is 0.802. The van der Waals surface area contributed by atoms with Gasteiger partial charge in [0.25, 0.3) is 0 Å². The smallest absolute Gasteiger partial charge is 0.0599 e. The van der Waals surface area contributed by atoms with Crippen LogP contribution in [0.1, 0.15) is 31.4 Å². The molecule has 112 valence electrons. The molecule has 3 unspecified atom stereocenters. The minimum atomic E-state index is 0.266. The Hall–Kier alpha value is -0.130. The third-order valence-corrected chi connectivity index (χ3v) is 5.05. The van der Waals surface area contributed by atoms with Crippen molar-refractivity contribution in [3.05, 3.63) is 33.3 Å². The number of methoxy groups -OCH3 is 1. The molecule has 20 heavy (non-hydrogen) atoms. The first-order valence-electron chi connectivity index (χ1n) is 7.00. The van der Waals surface area contributed by atoms with Crippen molar-refractivity contribution in [2.24, 2.45) is 5.73 Å². The summed E-state index contributed by atoms with van der Waals surface area (Å²) in [6, 6.07) is 6.70. The largest absolute Gasteiger partial charge is 0.381 e. The Kier molecular flexibility index (Phi) is 5.87. The summed E-state index contributed by atoms with van der Waals surface area (Å²) in [6.07, 6.45) is 2.36. The second-order valence-electron chi connectivity index (χ2n) is 5.35. The van der Waals surface area contributed by atoms with E-state index < -0.39 is 0 Å². The predicted molar refractivity (Wildman–Crippen MR) is 87.1 cm³/mol. The fourth-order valence-electron chi connectivity index (χ4n) is 3.01. The van der Waals surface area contributed by atoms with Crippen molar-refractivity contribution < 1.29 is 4.74 Å². The van der Waals surface area contributed by atoms with E-state index >= 15 is 0 Å². The highest BCUT2D eigenvalue weighted by Crippen LogP contribution is 2.33. The number of nitrogens with zero attached hydrogens (tertiary/aromatic N) is 1. The average Bonchev–Trinajstić information content (AvgIpc) is 2.46. The molecule has 3 atom stereocenters. The third kappa shape index (κ3) is 3.55. The maximum absolute atomic E-state index is 6.38. The lowest BCUT2D eigenvalue weighted by molar-refractivity contribution is -0.00162. The van der Waals surface area contributed by atoms with Crippen molar-refractivity contribution in [1.82, 2.24) is 4.90 Å². The van der Waals surface area contributed by atoms with Crippen LogP contribution in [0.25, 0.3) is 0 Å². The van der Waals surface area contributed by atoms with Crippen LogP contribution in [0.3, 0.4) is 0 Å². The number of hydrogen-bond donors (Lipinski definition) is 1. The van der Waals surface area contributed by atoms with Crippen molar-refractivity contribution in [2.75, 3.05) is 20.2 Å². The molecule has 2 N–H and O–H groups in total. The molecule has 0 amide bonds. The van der Waals surface area contributed by atoms with Crippen LogP contribution in [0.2, 0.25) is 5.02 Å². The van der Waals surface area contributed by atoms with E-state index in [2.05, 4.69) is 33.8 Å². The molecule has 1 aliphatic rings. The van der Waals surface area contributed by atoms with Gasteiger partial charge in [-0.3, -0.25) is 4.90 Å². The Labute approximate surface area is 134 Å². The molecule has 1 fully saturated rings. The molecular formula is C15H22BrClN2O. The Morgan fingerprint density at radius 1 is 1.55 bits per heavy atom. The molecule has 1 aromatic rings. The van der Waals surface area contributed by atoms with Gasteiger partial charge in [-0.05, 0) is 37.5 Å². The number of halogens is 2. The van der Waals surface area contributed by atoms with E-state index in [-0.39, 0.29) is 6.04 Å². The highest BCUT2D eigenvalue weighted by atomic mass is 79.9. The van der Waals surface area contributed by atoms with Crippen molar-refractivity contribution >= 4 is 27.5 Å². The molecule has 0 bridgehead atoms. The van der Waals surface area contributed by atoms with E-state index in [9.17, 15) is 0 Å². The van der Waals surface area contributed by atoms with Crippen LogP contribution in [0.5, 0.6) is 0 Å². The molecule has 1 heterocycles. The summed E-state index contributed by atoms with van der Waals surface area (Å²) in [5.41, 5.74) is 7.11. The zero-order valence-electron chi connectivity index (χ0n) is 12.0. The number of rotatable bonds is 4. The molecule has 0 aromatic heterocycles. The first-order chi connectivity index (χ1) is 9.56. The summed E-state index contributed by atoms with van der Waals surface area (Å²) in [5.74, 6) is 0. The summed E-state index contributed by atoms with van der Waals surface area (Å²) in [7, 11) is 1.78. The van der Waals surface area contributed by atoms with Gasteiger partial charge in [-0.15, -0.1) is 0 Å². The lowest BCUT2D eigenvalue weighted by Crippen LogP contribution is -2.49. The highest BCUT2D eigenvalue weighted by molar-refractivity contribution is 9.10. The van der Waals surface area contributed by atoms with Gasteiger partial charge in [0.15, 0.2) is 0 Å². The summed E-state index contributed by atoms with van der Waals surface area (Å²) in [6.45, 7) is 3.84. The Bertz CT molecular complexity index is 457. The standard InChI is InChI=1S/C15H22BrClN2O/c1-10(14-4-3-11(16)7-15(14)17)19-6-5-13(20-2)8-12(19)9-18/h3-4,7,10,12-13H,5-6,8-9,18H2,1-2H3. The van der Waals surface area contributed by atoms with E-state index in [4.69, 9.17) is 22.1 Å². The third-order valence-electron chi connectivity index (χ3n) is 4.23. The molecule has 3 nitrogen and oxygen atoms in total. The molecule has 0 radical (unpaired) electrons. The van der Waals surface area contributed by atoms with Gasteiger partial charge >= 0.3 is 0 Å². The fraction of sp³-hybridized carbons (Fsp3) is 0.600. The molecular weight excluding hydrogens is 340 g/mol. The van der Waals surface area contributed by atoms with Gasteiger partial charge in [-0.1, -0.05) is 33.6 Å². The number of piperidine rings is 1. The van der Waals surface area contributed by atoms with Gasteiger partial charge in [-0.2, -0.15) is 0 Å². The van der Waals surface area contributed by atoms with Crippen LogP contribution in [-0.2, 0) is 4.74 Å². The molecule has 0 aliphatic carbocycles. The van der Waals surface area contributed by atoms with Crippen LogP contribution < -0.4 is 5.73 Å². The summed E-state index contributed by atoms with van der Waals surface area (Å²) >= 11 is 9.83. The lowest BCUT2D eigenvalue weighted by Gasteiger charge is -2.42. The molecule has 0 saturated carbocycles. The zero-order chi connectivity index (χ0) is 14.7. The van der Waals surface area contributed by atoms with Crippen molar-refractivity contribution in [3.63, 3.8) is 0 Å². The Morgan fingerprint density at radius 3 is 2.90 bits per heavy atom. The van der Waals surface area contributed by atoms with Gasteiger partial charge in [-0.25, -0.2) is 0 Å². The minimum Gasteiger partial charge on any atom is -0.381 e. The normalized spacial score (nSPS) is 25.6. The monoisotopic (exact) mass is 360 g/mol. The lowest BCUT2D eigenvalue weighted by atomic mass is 9.95. The van der Waals surface area contributed by atoms with E-state index in [0.717, 1.165) is 34.4 Å². The molecule has 2 rings (SSSR count). The first kappa shape index (κ1) is 16.2. The highest BCUT2D eigenvalue weighted by Gasteiger charge is 2.31. The molecule has 1 aromatic carbocycles. The second kappa shape index (κ2) is 7.23. The summed E-state index contributed by atoms with van der Waals surface area (Å²) in [4.78, 5) is 2.45. The Balaban J connectivity index is 2.17. The van der Waals surface area contributed by atoms with E-state index in [1.54, 1.807) is 7.11 Å². The van der Waals surface area contributed by atoms with Crippen molar-refractivity contribution in [2.45, 2.75) is 38.0 Å². The molecule has 5 heteroatoms. The number of hydrogen-bond acceptors (Lipinski definition) is 3. The number of ether oxygens (including phenoxy) is 1. The van der Waals surface area contributed by atoms with Gasteiger partial charge < -0.3 is 10.5 Å². The molecule has 1 saturated heterocycles. The number of likely N-dealkylation sites (tertiary alicyclic amines) is 1. The van der Waals surface area contributed by atoms with Gasteiger partial charge in [0, 0.05) is 41.8 Å². The Morgan fingerprint density at radius 2 is 2.30 bits per heavy atom. The van der Waals surface area contributed by atoms with Gasteiger partial charge in [0.05, 0.1) is 6.10 Å². The fourth-order valence-corrected chi connectivity index (χ4v) is 3.84. The van der Waals surface area contributed by atoms with E-state index in [1.165, 1.54) is 0 Å². The van der Waals surface area contributed by atoms with Gasteiger partial charge in [0.2, 0.25) is 0 Å². The quantitative estimate of drug-likeness (QED) is 0.890. The van der Waals surface area contributed by atoms with Crippen LogP contribution in [-0.4, -0.2) is 37.2 Å². The van der Waals surface area contributed by atoms with Crippen LogP contribution in [0.15, 0.2) is 22.7 Å². The van der Waals surface area contributed by atoms with Crippen LogP contribution in [0.4, 0.5) is 0 Å². The van der Waals surface area contributed by atoms with Crippen LogP contribution >= 0.6 is 27.5 Å². The maximum atomic E-state index is 6.38. The van der Waals surface area contributed by atoms with Crippen LogP contribution in [0, 0.1) is 0 Å². The van der Waals surface area contributed by atoms with Crippen molar-refractivity contribution in [3.8, 4) is 0 Å². The SMILES string of the molecule is COC1CCN(C(C)c2ccc(Br)cc2Cl)C(CN)C1. The average molecular weight is 362 g/mol. The molecule has 1 aliphatic heterocycles. The molecule has 0 spiro atoms. The van der Waals surface area contributed by atoms with E-state index in [0.29, 0.717) is 18.7 Å². The van der Waals surface area contributed by atoms with Crippen molar-refractivity contribution in [1.29, 1.82) is 0 Å². The van der Waals surface area contributed by atoms with E-state index in [1.807, 2.05) is 12.1 Å². The first-order valence-corrected chi connectivity index (χ1v) is 8.17. The zero-order valence-corrected chi connectivity index (χ0v) is 14.3. The maximum Gasteiger partial charge on any atom is 0.0599 e. The second-order valence-corrected chi connectivity index (χ2v) is 6.67. The number of nitrogens with two attached hydrogens (primary N) is 1. The minimum absolute atomic E-state index is 0.266. The summed E-state index contributed by atoms with van der Waals surface area (Å²) < 4.78 is 6.49. The predicted octanol–water partition coefficient (Wildman–Crippen LogP) is 3.60. The topological polar surface area (TPSA) is 38.5 Å². The van der Waals surface area contributed by atoms with Gasteiger partial charge in [0.1, 0.15) is 0 Å². The number of benzene rings is 1.